The standard InChI is InChI=1S/C16H16FN3OS/c1-18-16(22)20-19-10-12-4-8-15(9-5-12)21-11-13-2-6-14(17)7-3-13/h2-10H,11H2,1H3,(H2,18,20,22). The zero-order chi connectivity index (χ0) is 15.8. The molecule has 0 radical (unpaired) electrons. The Labute approximate surface area is 134 Å². The Bertz CT molecular complexity index is 641. The van der Waals surface area contributed by atoms with E-state index in [1.54, 1.807) is 25.4 Å². The molecule has 0 heterocycles. The number of rotatable bonds is 5. The van der Waals surface area contributed by atoms with Crippen LogP contribution in [0.2, 0.25) is 0 Å². The highest BCUT2D eigenvalue weighted by atomic mass is 32.1. The lowest BCUT2D eigenvalue weighted by atomic mass is 10.2. The van der Waals surface area contributed by atoms with Crippen LogP contribution in [0.3, 0.4) is 0 Å². The predicted octanol–water partition coefficient (Wildman–Crippen LogP) is 2.83. The number of benzene rings is 2. The summed E-state index contributed by atoms with van der Waals surface area (Å²) in [5.74, 6) is 0.485. The molecule has 0 atom stereocenters. The first-order valence-electron chi connectivity index (χ1n) is 6.65. The fourth-order valence-electron chi connectivity index (χ4n) is 1.62. The summed E-state index contributed by atoms with van der Waals surface area (Å²) in [7, 11) is 1.72. The molecule has 0 unspecified atom stereocenters. The Morgan fingerprint density at radius 2 is 1.86 bits per heavy atom. The van der Waals surface area contributed by atoms with Crippen molar-refractivity contribution in [1.29, 1.82) is 0 Å². The van der Waals surface area contributed by atoms with Crippen LogP contribution >= 0.6 is 12.2 Å². The summed E-state index contributed by atoms with van der Waals surface area (Å²) in [6.45, 7) is 0.395. The Kier molecular flexibility index (Phi) is 5.85. The fraction of sp³-hybridized carbons (Fsp3) is 0.125. The highest BCUT2D eigenvalue weighted by molar-refractivity contribution is 7.80. The lowest BCUT2D eigenvalue weighted by molar-refractivity contribution is 0.306. The predicted molar refractivity (Wildman–Crippen MR) is 89.6 cm³/mol. The van der Waals surface area contributed by atoms with Crippen LogP contribution in [0.5, 0.6) is 5.75 Å². The van der Waals surface area contributed by atoms with Crippen molar-refractivity contribution in [3.05, 3.63) is 65.5 Å². The molecule has 0 spiro atoms. The Morgan fingerprint density at radius 3 is 2.50 bits per heavy atom. The topological polar surface area (TPSA) is 45.7 Å². The third kappa shape index (κ3) is 5.14. The average Bonchev–Trinajstić information content (AvgIpc) is 2.55. The van der Waals surface area contributed by atoms with E-state index >= 15 is 0 Å². The summed E-state index contributed by atoms with van der Waals surface area (Å²) in [6, 6.07) is 13.7. The van der Waals surface area contributed by atoms with Crippen LogP contribution in [0.4, 0.5) is 4.39 Å². The fourth-order valence-corrected chi connectivity index (χ4v) is 1.67. The Hall–Kier alpha value is -2.47. The molecule has 0 aliphatic rings. The molecule has 4 nitrogen and oxygen atoms in total. The molecule has 0 saturated carbocycles. The van der Waals surface area contributed by atoms with Crippen molar-refractivity contribution in [2.24, 2.45) is 5.10 Å². The van der Waals surface area contributed by atoms with E-state index in [4.69, 9.17) is 17.0 Å². The van der Waals surface area contributed by atoms with Gasteiger partial charge in [-0.25, -0.2) is 4.39 Å². The van der Waals surface area contributed by atoms with Gasteiger partial charge in [-0.1, -0.05) is 12.1 Å². The van der Waals surface area contributed by atoms with Gasteiger partial charge in [0.25, 0.3) is 0 Å². The second kappa shape index (κ2) is 8.09. The van der Waals surface area contributed by atoms with Gasteiger partial charge in [0, 0.05) is 7.05 Å². The van der Waals surface area contributed by atoms with Crippen molar-refractivity contribution in [2.75, 3.05) is 7.05 Å². The van der Waals surface area contributed by atoms with Crippen LogP contribution in [0, 0.1) is 5.82 Å². The zero-order valence-corrected chi connectivity index (χ0v) is 12.9. The minimum absolute atomic E-state index is 0.251. The molecule has 0 bridgehead atoms. The van der Waals surface area contributed by atoms with Crippen molar-refractivity contribution in [3.63, 3.8) is 0 Å². The van der Waals surface area contributed by atoms with Crippen molar-refractivity contribution < 1.29 is 9.13 Å². The summed E-state index contributed by atoms with van der Waals surface area (Å²) < 4.78 is 18.4. The lowest BCUT2D eigenvalue weighted by Gasteiger charge is -2.06. The van der Waals surface area contributed by atoms with Crippen molar-refractivity contribution in [3.8, 4) is 5.75 Å². The van der Waals surface area contributed by atoms with Crippen molar-refractivity contribution in [2.45, 2.75) is 6.61 Å². The van der Waals surface area contributed by atoms with E-state index < -0.39 is 0 Å². The number of ether oxygens (including phenoxy) is 1. The van der Waals surface area contributed by atoms with E-state index in [1.807, 2.05) is 24.3 Å². The number of thiocarbonyl (C=S) groups is 1. The third-order valence-electron chi connectivity index (χ3n) is 2.81. The summed E-state index contributed by atoms with van der Waals surface area (Å²) in [4.78, 5) is 0. The second-order valence-corrected chi connectivity index (χ2v) is 4.84. The number of hydrogen-bond acceptors (Lipinski definition) is 3. The molecule has 0 fully saturated rings. The van der Waals surface area contributed by atoms with Gasteiger partial charge in [0.2, 0.25) is 0 Å². The molecular formula is C16H16FN3OS. The summed E-state index contributed by atoms with van der Waals surface area (Å²) in [5, 5.41) is 7.20. The second-order valence-electron chi connectivity index (χ2n) is 4.43. The van der Waals surface area contributed by atoms with Crippen LogP contribution in [-0.4, -0.2) is 18.4 Å². The molecule has 0 saturated heterocycles. The van der Waals surface area contributed by atoms with Crippen LogP contribution in [0.15, 0.2) is 53.6 Å². The van der Waals surface area contributed by atoms with E-state index in [0.717, 1.165) is 16.9 Å². The van der Waals surface area contributed by atoms with Crippen LogP contribution < -0.4 is 15.5 Å². The minimum atomic E-state index is -0.251. The van der Waals surface area contributed by atoms with E-state index in [0.29, 0.717) is 11.7 Å². The molecule has 0 aliphatic carbocycles. The number of hydrazone groups is 1. The van der Waals surface area contributed by atoms with Crippen LogP contribution in [0.1, 0.15) is 11.1 Å². The third-order valence-corrected chi connectivity index (χ3v) is 3.10. The largest absolute Gasteiger partial charge is 0.489 e. The molecule has 22 heavy (non-hydrogen) atoms. The monoisotopic (exact) mass is 317 g/mol. The lowest BCUT2D eigenvalue weighted by Crippen LogP contribution is -2.28. The van der Waals surface area contributed by atoms with Gasteiger partial charge in [-0.05, 0) is 59.7 Å². The quantitative estimate of drug-likeness (QED) is 0.506. The van der Waals surface area contributed by atoms with Gasteiger partial charge in [-0.15, -0.1) is 0 Å². The molecule has 6 heteroatoms. The van der Waals surface area contributed by atoms with Gasteiger partial charge in [0.05, 0.1) is 6.21 Å². The number of hydrogen-bond donors (Lipinski definition) is 2. The van der Waals surface area contributed by atoms with Crippen LogP contribution in [-0.2, 0) is 6.61 Å². The van der Waals surface area contributed by atoms with Crippen LogP contribution in [0.25, 0.3) is 0 Å². The van der Waals surface area contributed by atoms with E-state index in [9.17, 15) is 4.39 Å². The smallest absolute Gasteiger partial charge is 0.186 e. The van der Waals surface area contributed by atoms with Gasteiger partial charge >= 0.3 is 0 Å². The van der Waals surface area contributed by atoms with Gasteiger partial charge in [0.15, 0.2) is 5.11 Å². The first kappa shape index (κ1) is 15.9. The first-order valence-corrected chi connectivity index (χ1v) is 7.06. The van der Waals surface area contributed by atoms with E-state index in [-0.39, 0.29) is 5.82 Å². The summed E-state index contributed by atoms with van der Waals surface area (Å²) in [5.41, 5.74) is 4.51. The highest BCUT2D eigenvalue weighted by Gasteiger charge is 1.97. The number of nitrogens with zero attached hydrogens (tertiary/aromatic N) is 1. The molecule has 2 aromatic rings. The van der Waals surface area contributed by atoms with Gasteiger partial charge < -0.3 is 10.1 Å². The first-order chi connectivity index (χ1) is 10.7. The van der Waals surface area contributed by atoms with Gasteiger partial charge in [-0.3, -0.25) is 5.43 Å². The maximum atomic E-state index is 12.8. The molecule has 2 N–H and O–H groups in total. The molecule has 2 rings (SSSR count). The average molecular weight is 317 g/mol. The Morgan fingerprint density at radius 1 is 1.18 bits per heavy atom. The summed E-state index contributed by atoms with van der Waals surface area (Å²) in [6.07, 6.45) is 1.66. The number of nitrogens with one attached hydrogen (secondary N) is 2. The Balaban J connectivity index is 1.86. The summed E-state index contributed by atoms with van der Waals surface area (Å²) >= 11 is 4.90. The maximum absolute atomic E-state index is 12.8. The normalized spacial score (nSPS) is 10.5. The zero-order valence-electron chi connectivity index (χ0n) is 12.0. The molecule has 0 aromatic heterocycles. The van der Waals surface area contributed by atoms with Crippen molar-refractivity contribution >= 4 is 23.5 Å². The molecule has 2 aromatic carbocycles. The highest BCUT2D eigenvalue weighted by Crippen LogP contribution is 2.13. The molecule has 114 valence electrons. The van der Waals surface area contributed by atoms with Gasteiger partial charge in [-0.2, -0.15) is 5.10 Å². The molecular weight excluding hydrogens is 301 g/mol. The minimum Gasteiger partial charge on any atom is -0.489 e. The van der Waals surface area contributed by atoms with Gasteiger partial charge in [0.1, 0.15) is 18.2 Å². The molecule has 0 aliphatic heterocycles. The van der Waals surface area contributed by atoms with Crippen molar-refractivity contribution in [1.82, 2.24) is 10.7 Å². The van der Waals surface area contributed by atoms with E-state index in [2.05, 4.69) is 15.8 Å². The van der Waals surface area contributed by atoms with E-state index in [1.165, 1.54) is 12.1 Å². The SMILES string of the molecule is CNC(=S)NN=Cc1ccc(OCc2ccc(F)cc2)cc1. The maximum Gasteiger partial charge on any atom is 0.186 e. The molecule has 0 amide bonds. The number of halogens is 1.